The first kappa shape index (κ1) is 19.5. The Balaban J connectivity index is 1.80. The number of nitrogens with zero attached hydrogens (tertiary/aromatic N) is 1. The van der Waals surface area contributed by atoms with Crippen molar-refractivity contribution in [1.29, 1.82) is 0 Å². The van der Waals surface area contributed by atoms with Crippen LogP contribution in [0.15, 0.2) is 47.4 Å². The number of sulfonamides is 1. The van der Waals surface area contributed by atoms with Crippen LogP contribution in [0.4, 0.5) is 11.4 Å². The quantitative estimate of drug-likeness (QED) is 0.749. The lowest BCUT2D eigenvalue weighted by molar-refractivity contribution is 0.205. The van der Waals surface area contributed by atoms with E-state index < -0.39 is 10.0 Å². The van der Waals surface area contributed by atoms with Gasteiger partial charge in [-0.15, -0.1) is 0 Å². The number of benzene rings is 2. The van der Waals surface area contributed by atoms with Crippen LogP contribution < -0.4 is 14.4 Å². The molecule has 3 rings (SSSR count). The maximum atomic E-state index is 12.7. The van der Waals surface area contributed by atoms with E-state index >= 15 is 0 Å². The molecule has 0 amide bonds. The molecule has 0 unspecified atom stereocenters. The van der Waals surface area contributed by atoms with Gasteiger partial charge in [-0.1, -0.05) is 6.07 Å². The topological polar surface area (TPSA) is 67.9 Å². The number of fused-ring (bicyclic) bond motifs is 1. The van der Waals surface area contributed by atoms with E-state index in [4.69, 9.17) is 9.47 Å². The summed E-state index contributed by atoms with van der Waals surface area (Å²) in [6, 6.07) is 12.2. The molecule has 2 aromatic carbocycles. The molecule has 1 heterocycles. The van der Waals surface area contributed by atoms with Gasteiger partial charge in [-0.3, -0.25) is 4.72 Å². The van der Waals surface area contributed by atoms with Gasteiger partial charge in [0.15, 0.2) is 0 Å². The zero-order chi connectivity index (χ0) is 19.3. The van der Waals surface area contributed by atoms with Crippen LogP contribution in [0.25, 0.3) is 0 Å². The fourth-order valence-corrected chi connectivity index (χ4v) is 4.29. The molecule has 0 saturated heterocycles. The first-order valence-corrected chi connectivity index (χ1v) is 10.6. The summed E-state index contributed by atoms with van der Waals surface area (Å²) in [6.45, 7) is 4.81. The summed E-state index contributed by atoms with van der Waals surface area (Å²) >= 11 is 0. The molecule has 0 fully saturated rings. The third-order valence-electron chi connectivity index (χ3n) is 4.56. The summed E-state index contributed by atoms with van der Waals surface area (Å²) in [7, 11) is -1.97. The molecule has 0 atom stereocenters. The molecule has 1 aliphatic rings. The molecule has 27 heavy (non-hydrogen) atoms. The second-order valence-corrected chi connectivity index (χ2v) is 8.12. The number of aryl methyl sites for hydroxylation is 1. The van der Waals surface area contributed by atoms with Crippen molar-refractivity contribution in [3.8, 4) is 5.75 Å². The molecule has 0 aromatic heterocycles. The molecule has 0 saturated carbocycles. The number of anilines is 2. The van der Waals surface area contributed by atoms with Crippen LogP contribution in [0.5, 0.6) is 5.75 Å². The first-order valence-electron chi connectivity index (χ1n) is 9.16. The van der Waals surface area contributed by atoms with Crippen molar-refractivity contribution in [2.45, 2.75) is 24.7 Å². The van der Waals surface area contributed by atoms with Crippen LogP contribution in [0.1, 0.15) is 18.9 Å². The minimum absolute atomic E-state index is 0.208. The number of ether oxygens (including phenoxy) is 2. The van der Waals surface area contributed by atoms with Crippen LogP contribution >= 0.6 is 0 Å². The molecule has 0 aliphatic carbocycles. The van der Waals surface area contributed by atoms with E-state index in [9.17, 15) is 8.42 Å². The highest BCUT2D eigenvalue weighted by Crippen LogP contribution is 2.31. The van der Waals surface area contributed by atoms with Gasteiger partial charge in [0.2, 0.25) is 0 Å². The third kappa shape index (κ3) is 4.73. The van der Waals surface area contributed by atoms with E-state index in [1.54, 1.807) is 31.4 Å². The van der Waals surface area contributed by atoms with Gasteiger partial charge in [-0.25, -0.2) is 8.42 Å². The molecule has 6 nitrogen and oxygen atoms in total. The molecule has 1 aliphatic heterocycles. The predicted molar refractivity (Wildman–Crippen MR) is 107 cm³/mol. The zero-order valence-electron chi connectivity index (χ0n) is 15.8. The van der Waals surface area contributed by atoms with Gasteiger partial charge >= 0.3 is 0 Å². The SMILES string of the molecule is CCOc1ccc(S(=O)(=O)Nc2ccc3c(c2)N(CCOC)CCC3)cc1. The van der Waals surface area contributed by atoms with E-state index in [1.165, 1.54) is 5.56 Å². The second kappa shape index (κ2) is 8.63. The maximum absolute atomic E-state index is 12.7. The number of hydrogen-bond acceptors (Lipinski definition) is 5. The predicted octanol–water partition coefficient (Wildman–Crippen LogP) is 3.29. The highest BCUT2D eigenvalue weighted by atomic mass is 32.2. The van der Waals surface area contributed by atoms with Gasteiger partial charge in [0.05, 0.1) is 23.8 Å². The number of hydrogen-bond donors (Lipinski definition) is 1. The Labute approximate surface area is 161 Å². The van der Waals surface area contributed by atoms with Crippen molar-refractivity contribution in [3.05, 3.63) is 48.0 Å². The molecule has 0 radical (unpaired) electrons. The van der Waals surface area contributed by atoms with Crippen LogP contribution in [0.3, 0.4) is 0 Å². The summed E-state index contributed by atoms with van der Waals surface area (Å²) in [5, 5.41) is 0. The van der Waals surface area contributed by atoms with E-state index in [-0.39, 0.29) is 4.90 Å². The lowest BCUT2D eigenvalue weighted by Crippen LogP contribution is -2.32. The average molecular weight is 391 g/mol. The smallest absolute Gasteiger partial charge is 0.261 e. The summed E-state index contributed by atoms with van der Waals surface area (Å²) in [6.07, 6.45) is 2.10. The van der Waals surface area contributed by atoms with Gasteiger partial charge in [0.1, 0.15) is 5.75 Å². The molecule has 0 spiro atoms. The number of nitrogens with one attached hydrogen (secondary N) is 1. The minimum Gasteiger partial charge on any atom is -0.494 e. The highest BCUT2D eigenvalue weighted by Gasteiger charge is 2.19. The van der Waals surface area contributed by atoms with Crippen LogP contribution in [-0.4, -0.2) is 41.8 Å². The van der Waals surface area contributed by atoms with Crippen LogP contribution in [0, 0.1) is 0 Å². The monoisotopic (exact) mass is 390 g/mol. The Morgan fingerprint density at radius 1 is 1.15 bits per heavy atom. The number of methoxy groups -OCH3 is 1. The van der Waals surface area contributed by atoms with Gasteiger partial charge in [0.25, 0.3) is 10.0 Å². The lowest BCUT2D eigenvalue weighted by Gasteiger charge is -2.31. The summed E-state index contributed by atoms with van der Waals surface area (Å²) in [5.41, 5.74) is 2.87. The fraction of sp³-hybridized carbons (Fsp3) is 0.400. The molecule has 0 bridgehead atoms. The Morgan fingerprint density at radius 3 is 2.63 bits per heavy atom. The third-order valence-corrected chi connectivity index (χ3v) is 5.96. The Bertz CT molecular complexity index is 866. The molecular formula is C20H26N2O4S. The van der Waals surface area contributed by atoms with Gasteiger partial charge in [-0.05, 0) is 61.7 Å². The van der Waals surface area contributed by atoms with E-state index in [0.717, 1.165) is 31.6 Å². The maximum Gasteiger partial charge on any atom is 0.261 e. The molecule has 1 N–H and O–H groups in total. The number of rotatable bonds is 8. The second-order valence-electron chi connectivity index (χ2n) is 6.44. The highest BCUT2D eigenvalue weighted by molar-refractivity contribution is 7.92. The summed E-state index contributed by atoms with van der Waals surface area (Å²) in [5.74, 6) is 0.652. The summed E-state index contributed by atoms with van der Waals surface area (Å²) in [4.78, 5) is 2.46. The molecule has 146 valence electrons. The van der Waals surface area contributed by atoms with Crippen molar-refractivity contribution >= 4 is 21.4 Å². The van der Waals surface area contributed by atoms with Crippen molar-refractivity contribution < 1.29 is 17.9 Å². The Hall–Kier alpha value is -2.25. The van der Waals surface area contributed by atoms with Crippen molar-refractivity contribution in [2.75, 3.05) is 43.0 Å². The molecule has 2 aromatic rings. The summed E-state index contributed by atoms with van der Waals surface area (Å²) < 4.78 is 38.7. The Kier molecular flexibility index (Phi) is 6.23. The van der Waals surface area contributed by atoms with Gasteiger partial charge < -0.3 is 14.4 Å². The van der Waals surface area contributed by atoms with Gasteiger partial charge in [0, 0.05) is 25.9 Å². The minimum atomic E-state index is -3.65. The van der Waals surface area contributed by atoms with Gasteiger partial charge in [-0.2, -0.15) is 0 Å². The normalized spacial score (nSPS) is 13.9. The van der Waals surface area contributed by atoms with Crippen molar-refractivity contribution in [2.24, 2.45) is 0 Å². The first-order chi connectivity index (χ1) is 13.0. The molecular weight excluding hydrogens is 364 g/mol. The largest absolute Gasteiger partial charge is 0.494 e. The van der Waals surface area contributed by atoms with E-state index in [0.29, 0.717) is 24.7 Å². The lowest BCUT2D eigenvalue weighted by atomic mass is 10.0. The van der Waals surface area contributed by atoms with Crippen LogP contribution in [-0.2, 0) is 21.2 Å². The average Bonchev–Trinajstić information content (AvgIpc) is 2.67. The van der Waals surface area contributed by atoms with Crippen molar-refractivity contribution in [3.63, 3.8) is 0 Å². The van der Waals surface area contributed by atoms with E-state index in [1.807, 2.05) is 25.1 Å². The Morgan fingerprint density at radius 2 is 1.93 bits per heavy atom. The zero-order valence-corrected chi connectivity index (χ0v) is 16.6. The van der Waals surface area contributed by atoms with E-state index in [2.05, 4.69) is 9.62 Å². The van der Waals surface area contributed by atoms with Crippen molar-refractivity contribution in [1.82, 2.24) is 0 Å². The molecule has 7 heteroatoms. The standard InChI is InChI=1S/C20H26N2O4S/c1-3-26-18-8-10-19(11-9-18)27(23,24)21-17-7-6-16-5-4-12-22(13-14-25-2)20(16)15-17/h6-11,15,21H,3-5,12-14H2,1-2H3. The van der Waals surface area contributed by atoms with Crippen LogP contribution in [0.2, 0.25) is 0 Å². The fourth-order valence-electron chi connectivity index (χ4n) is 3.24.